The normalized spacial score (nSPS) is 23.7. The van der Waals surface area contributed by atoms with E-state index in [0.29, 0.717) is 30.1 Å². The number of hydrogen-bond acceptors (Lipinski definition) is 13. The molecule has 2 aromatic heterocycles. The van der Waals surface area contributed by atoms with Gasteiger partial charge < -0.3 is 45.0 Å². The van der Waals surface area contributed by atoms with Crippen LogP contribution in [0.1, 0.15) is 38.1 Å². The van der Waals surface area contributed by atoms with Crippen molar-refractivity contribution >= 4 is 40.4 Å². The molecule has 0 bridgehead atoms. The molecule has 1 saturated heterocycles. The van der Waals surface area contributed by atoms with Gasteiger partial charge in [0.05, 0.1) is 31.7 Å². The zero-order chi connectivity index (χ0) is 28.0. The molecule has 2 aromatic rings. The Balaban J connectivity index is 1.55. The van der Waals surface area contributed by atoms with Crippen molar-refractivity contribution in [3.8, 4) is 0 Å². The molecule has 3 heterocycles. The van der Waals surface area contributed by atoms with Crippen LogP contribution in [0.25, 0.3) is 11.2 Å². The maximum absolute atomic E-state index is 11.9. The monoisotopic (exact) mass is 604 g/mol. The third kappa shape index (κ3) is 9.38. The number of imidazole rings is 1. The van der Waals surface area contributed by atoms with Crippen LogP contribution in [0.5, 0.6) is 0 Å². The molecule has 0 aromatic carbocycles. The molecule has 1 aliphatic rings. The lowest BCUT2D eigenvalue weighted by Gasteiger charge is -2.34. The van der Waals surface area contributed by atoms with E-state index < -0.39 is 48.3 Å². The minimum atomic E-state index is -5.64. The SMILES string of the molecule is NCCCCCCNc1ncnc2c1ncn2C1COC(COP(=O)(O)OP(=O)(O)OP(=O)(O)O)C(O)C1. The van der Waals surface area contributed by atoms with Crippen LogP contribution in [0.2, 0.25) is 0 Å². The Kier molecular flexibility index (Phi) is 10.9. The summed E-state index contributed by atoms with van der Waals surface area (Å²) < 4.78 is 53.2. The molecule has 216 valence electrons. The average Bonchev–Trinajstić information content (AvgIpc) is 3.23. The van der Waals surface area contributed by atoms with Crippen molar-refractivity contribution in [1.82, 2.24) is 19.5 Å². The van der Waals surface area contributed by atoms with Crippen LogP contribution in [-0.4, -0.2) is 82.7 Å². The first kappa shape index (κ1) is 31.2. The molecule has 5 atom stereocenters. The van der Waals surface area contributed by atoms with E-state index in [0.717, 1.165) is 25.7 Å². The lowest BCUT2D eigenvalue weighted by Crippen LogP contribution is -2.42. The van der Waals surface area contributed by atoms with Gasteiger partial charge >= 0.3 is 23.5 Å². The highest BCUT2D eigenvalue weighted by Gasteiger charge is 2.42. The van der Waals surface area contributed by atoms with E-state index >= 15 is 0 Å². The molecule has 1 fully saturated rings. The lowest BCUT2D eigenvalue weighted by atomic mass is 10.0. The Bertz CT molecular complexity index is 1210. The summed E-state index contributed by atoms with van der Waals surface area (Å²) in [5, 5.41) is 13.8. The lowest BCUT2D eigenvalue weighted by molar-refractivity contribution is -0.110. The van der Waals surface area contributed by atoms with E-state index in [-0.39, 0.29) is 13.0 Å². The van der Waals surface area contributed by atoms with Gasteiger partial charge in [0.15, 0.2) is 11.5 Å². The van der Waals surface area contributed by atoms with Crippen LogP contribution in [0.15, 0.2) is 12.7 Å². The molecule has 0 radical (unpaired) electrons. The van der Waals surface area contributed by atoms with Crippen LogP contribution in [0, 0.1) is 0 Å². The number of nitrogens with one attached hydrogen (secondary N) is 1. The smallest absolute Gasteiger partial charge is 0.390 e. The summed E-state index contributed by atoms with van der Waals surface area (Å²) in [5.41, 5.74) is 6.55. The van der Waals surface area contributed by atoms with E-state index in [1.54, 1.807) is 10.9 Å². The average molecular weight is 604 g/mol. The fraction of sp³-hybridized carbons (Fsp3) is 0.706. The molecule has 21 heteroatoms. The van der Waals surface area contributed by atoms with E-state index in [9.17, 15) is 28.6 Å². The highest BCUT2D eigenvalue weighted by Crippen LogP contribution is 2.66. The number of aromatic nitrogens is 4. The largest absolute Gasteiger partial charge is 0.490 e. The molecule has 8 N–H and O–H groups in total. The predicted molar refractivity (Wildman–Crippen MR) is 131 cm³/mol. The van der Waals surface area contributed by atoms with Gasteiger partial charge in [-0.25, -0.2) is 28.6 Å². The maximum atomic E-state index is 11.9. The number of hydrogen-bond donors (Lipinski definition) is 7. The summed E-state index contributed by atoms with van der Waals surface area (Å²) >= 11 is 0. The van der Waals surface area contributed by atoms with Gasteiger partial charge in [-0.15, -0.1) is 0 Å². The number of phosphoric ester groups is 1. The van der Waals surface area contributed by atoms with Gasteiger partial charge in [-0.05, 0) is 25.8 Å². The minimum Gasteiger partial charge on any atom is -0.390 e. The molecule has 3 rings (SSSR count). The number of nitrogens with two attached hydrogens (primary N) is 1. The maximum Gasteiger partial charge on any atom is 0.490 e. The van der Waals surface area contributed by atoms with E-state index in [4.69, 9.17) is 20.3 Å². The van der Waals surface area contributed by atoms with E-state index in [1.165, 1.54) is 6.33 Å². The summed E-state index contributed by atoms with van der Waals surface area (Å²) in [5.74, 6) is 0.568. The molecular formula is C17H31N6O12P3. The summed E-state index contributed by atoms with van der Waals surface area (Å²) in [6.45, 7) is 0.655. The topological polar surface area (TPSA) is 271 Å². The fourth-order valence-corrected chi connectivity index (χ4v) is 6.78. The van der Waals surface area contributed by atoms with Gasteiger partial charge in [-0.2, -0.15) is 8.62 Å². The van der Waals surface area contributed by atoms with Gasteiger partial charge in [-0.3, -0.25) is 4.52 Å². The number of nitrogens with zero attached hydrogens (tertiary/aromatic N) is 4. The third-order valence-electron chi connectivity index (χ3n) is 5.44. The highest BCUT2D eigenvalue weighted by molar-refractivity contribution is 7.66. The summed E-state index contributed by atoms with van der Waals surface area (Å²) in [7, 11) is -16.5. The molecule has 0 aliphatic carbocycles. The van der Waals surface area contributed by atoms with E-state index in [1.807, 2.05) is 0 Å². The first-order chi connectivity index (χ1) is 17.8. The Morgan fingerprint density at radius 1 is 1.05 bits per heavy atom. The Morgan fingerprint density at radius 3 is 2.47 bits per heavy atom. The van der Waals surface area contributed by atoms with E-state index in [2.05, 4.69) is 33.4 Å². The predicted octanol–water partition coefficient (Wildman–Crippen LogP) is 0.791. The number of aliphatic hydroxyl groups excluding tert-OH is 1. The summed E-state index contributed by atoms with van der Waals surface area (Å²) in [6.07, 6.45) is 4.73. The van der Waals surface area contributed by atoms with Crippen molar-refractivity contribution in [3.05, 3.63) is 12.7 Å². The Labute approximate surface area is 217 Å². The molecule has 0 saturated carbocycles. The first-order valence-electron chi connectivity index (χ1n) is 11.5. The van der Waals surface area contributed by atoms with Crippen LogP contribution in [-0.2, 0) is 31.6 Å². The molecule has 0 spiro atoms. The number of ether oxygens (including phenoxy) is 1. The summed E-state index contributed by atoms with van der Waals surface area (Å²) in [4.78, 5) is 48.9. The quantitative estimate of drug-likeness (QED) is 0.109. The van der Waals surface area contributed by atoms with Gasteiger partial charge in [0.2, 0.25) is 0 Å². The second kappa shape index (κ2) is 13.3. The number of rotatable bonds is 15. The van der Waals surface area contributed by atoms with Crippen LogP contribution >= 0.6 is 23.5 Å². The van der Waals surface area contributed by atoms with Gasteiger partial charge in [0, 0.05) is 6.54 Å². The second-order valence-corrected chi connectivity index (χ2v) is 12.8. The molecule has 0 amide bonds. The molecule has 18 nitrogen and oxygen atoms in total. The number of aliphatic hydroxyl groups is 1. The third-order valence-corrected chi connectivity index (χ3v) is 9.24. The number of anilines is 1. The van der Waals surface area contributed by atoms with Crippen LogP contribution in [0.3, 0.4) is 0 Å². The zero-order valence-electron chi connectivity index (χ0n) is 20.1. The molecular weight excluding hydrogens is 573 g/mol. The van der Waals surface area contributed by atoms with Crippen molar-refractivity contribution in [2.45, 2.75) is 50.4 Å². The van der Waals surface area contributed by atoms with Crippen LogP contribution < -0.4 is 11.1 Å². The first-order valence-corrected chi connectivity index (χ1v) is 16.0. The number of fused-ring (bicyclic) bond motifs is 1. The van der Waals surface area contributed by atoms with Gasteiger partial charge in [0.25, 0.3) is 0 Å². The number of unbranched alkanes of at least 4 members (excludes halogenated alkanes) is 3. The van der Waals surface area contributed by atoms with Crippen LogP contribution in [0.4, 0.5) is 5.82 Å². The molecule has 5 unspecified atom stereocenters. The Hall–Kier alpha value is -1.36. The number of phosphoric acid groups is 3. The molecule has 1 aliphatic heterocycles. The highest BCUT2D eigenvalue weighted by atomic mass is 31.3. The summed E-state index contributed by atoms with van der Waals surface area (Å²) in [6, 6.07) is -0.406. The standard InChI is InChI=1S/C17H31N6O12P3/c18-5-3-1-2-4-6-19-16-15-17(21-10-20-16)23(11-22-15)12-7-13(24)14(32-8-12)9-33-37(28,29)35-38(30,31)34-36(25,26)27/h10-14,24H,1-9,18H2,(H,28,29)(H,30,31)(H,19,20,21)(H2,25,26,27). The van der Waals surface area contributed by atoms with Crippen molar-refractivity contribution < 1.29 is 56.3 Å². The fourth-order valence-electron chi connectivity index (χ4n) is 3.75. The second-order valence-electron chi connectivity index (χ2n) is 8.39. The van der Waals surface area contributed by atoms with Crippen molar-refractivity contribution in [3.63, 3.8) is 0 Å². The zero-order valence-corrected chi connectivity index (χ0v) is 22.7. The van der Waals surface area contributed by atoms with Gasteiger partial charge in [-0.1, -0.05) is 12.8 Å². The minimum absolute atomic E-state index is 0.0286. The van der Waals surface area contributed by atoms with Crippen molar-refractivity contribution in [1.29, 1.82) is 0 Å². The Morgan fingerprint density at radius 2 is 1.79 bits per heavy atom. The molecule has 38 heavy (non-hydrogen) atoms. The van der Waals surface area contributed by atoms with Crippen molar-refractivity contribution in [2.75, 3.05) is 31.6 Å². The van der Waals surface area contributed by atoms with Gasteiger partial charge in [0.1, 0.15) is 17.9 Å². The van der Waals surface area contributed by atoms with Crippen molar-refractivity contribution in [2.24, 2.45) is 5.73 Å².